The molecule has 4 rings (SSSR count). The van der Waals surface area contributed by atoms with Gasteiger partial charge in [0.15, 0.2) is 0 Å². The zero-order chi connectivity index (χ0) is 27.8. The maximum Gasteiger partial charge on any atom is 0.303 e. The number of carbonyl (C=O) groups is 2. The number of aliphatic carboxylic acids is 1. The van der Waals surface area contributed by atoms with Crippen LogP contribution in [0.1, 0.15) is 57.6 Å². The molecule has 1 aromatic heterocycles. The minimum absolute atomic E-state index is 0.0360. The molecule has 202 valence electrons. The fraction of sp³-hybridized carbons (Fsp3) is 0.273. The van der Waals surface area contributed by atoms with Crippen LogP contribution in [0.2, 0.25) is 0 Å². The highest BCUT2D eigenvalue weighted by atomic mass is 16.5. The standard InChI is InChI=1S/C33H36N2O4/c1-4-19-33(3,27-11-6-5-7-12-27)35-20-18-26-23-25(16-17-29(26)35)24(2)22-31(36)34-28-13-8-9-14-30(28)39-21-10-15-32(37)38/h5-9,11-14,16-18,20,22-23H,4,10,15,19,21H2,1-3H3,(H,34,36)(H,37,38). The third-order valence-corrected chi connectivity index (χ3v) is 7.09. The molecular weight excluding hydrogens is 488 g/mol. The maximum absolute atomic E-state index is 12.9. The molecular formula is C33H36N2O4. The van der Waals surface area contributed by atoms with E-state index in [1.807, 2.05) is 19.1 Å². The van der Waals surface area contributed by atoms with Crippen molar-refractivity contribution in [1.82, 2.24) is 4.57 Å². The molecule has 0 aliphatic heterocycles. The number of ether oxygens (including phenoxy) is 1. The van der Waals surface area contributed by atoms with Crippen molar-refractivity contribution in [1.29, 1.82) is 0 Å². The van der Waals surface area contributed by atoms with Gasteiger partial charge in [-0.2, -0.15) is 0 Å². The SMILES string of the molecule is CCCC(C)(c1ccccc1)n1ccc2cc(C(C)=CC(=O)Nc3ccccc3OCCCC(=O)O)ccc21. The van der Waals surface area contributed by atoms with Gasteiger partial charge >= 0.3 is 5.97 Å². The lowest BCUT2D eigenvalue weighted by molar-refractivity contribution is -0.137. The minimum Gasteiger partial charge on any atom is -0.491 e. The van der Waals surface area contributed by atoms with Crippen molar-refractivity contribution in [2.24, 2.45) is 0 Å². The molecule has 39 heavy (non-hydrogen) atoms. The zero-order valence-electron chi connectivity index (χ0n) is 22.8. The molecule has 0 fully saturated rings. The van der Waals surface area contributed by atoms with Gasteiger partial charge in [-0.3, -0.25) is 9.59 Å². The van der Waals surface area contributed by atoms with Crippen LogP contribution < -0.4 is 10.1 Å². The van der Waals surface area contributed by atoms with E-state index in [1.165, 1.54) is 5.56 Å². The summed E-state index contributed by atoms with van der Waals surface area (Å²) in [5.41, 5.74) is 4.65. The highest BCUT2D eigenvalue weighted by molar-refractivity contribution is 6.04. The Morgan fingerprint density at radius 3 is 2.51 bits per heavy atom. The van der Waals surface area contributed by atoms with Crippen molar-refractivity contribution < 1.29 is 19.4 Å². The Hall–Kier alpha value is -4.32. The van der Waals surface area contributed by atoms with Crippen LogP contribution >= 0.6 is 0 Å². The number of para-hydroxylation sites is 2. The number of carboxylic acids is 1. The summed E-state index contributed by atoms with van der Waals surface area (Å²) < 4.78 is 8.07. The summed E-state index contributed by atoms with van der Waals surface area (Å²) in [5.74, 6) is -0.605. The molecule has 0 spiro atoms. The summed E-state index contributed by atoms with van der Waals surface area (Å²) in [7, 11) is 0. The number of carboxylic acid groups (broad SMARTS) is 1. The predicted octanol–water partition coefficient (Wildman–Crippen LogP) is 7.49. The van der Waals surface area contributed by atoms with Gasteiger partial charge in [0.2, 0.25) is 5.91 Å². The molecule has 1 atom stereocenters. The van der Waals surface area contributed by atoms with Crippen LogP contribution in [0.3, 0.4) is 0 Å². The van der Waals surface area contributed by atoms with Crippen LogP contribution in [0.25, 0.3) is 16.5 Å². The second-order valence-corrected chi connectivity index (χ2v) is 10.0. The van der Waals surface area contributed by atoms with Crippen LogP contribution in [0.15, 0.2) is 91.1 Å². The van der Waals surface area contributed by atoms with Crippen molar-refractivity contribution in [2.75, 3.05) is 11.9 Å². The molecule has 0 saturated carbocycles. The number of hydrogen-bond donors (Lipinski definition) is 2. The van der Waals surface area contributed by atoms with Crippen LogP contribution in [0.5, 0.6) is 5.75 Å². The van der Waals surface area contributed by atoms with Crippen molar-refractivity contribution in [3.8, 4) is 5.75 Å². The Kier molecular flexibility index (Phi) is 8.87. The number of allylic oxidation sites excluding steroid dienone is 1. The molecule has 0 bridgehead atoms. The third-order valence-electron chi connectivity index (χ3n) is 7.09. The Labute approximate surface area is 229 Å². The van der Waals surface area contributed by atoms with E-state index >= 15 is 0 Å². The van der Waals surface area contributed by atoms with E-state index in [2.05, 4.69) is 84.5 Å². The van der Waals surface area contributed by atoms with Crippen molar-refractivity contribution >= 4 is 34.0 Å². The number of nitrogens with one attached hydrogen (secondary N) is 1. The second kappa shape index (κ2) is 12.5. The number of fused-ring (bicyclic) bond motifs is 1. The van der Waals surface area contributed by atoms with E-state index in [9.17, 15) is 9.59 Å². The number of amides is 1. The smallest absolute Gasteiger partial charge is 0.303 e. The summed E-state index contributed by atoms with van der Waals surface area (Å²) in [4.78, 5) is 23.6. The van der Waals surface area contributed by atoms with Gasteiger partial charge in [0.1, 0.15) is 5.75 Å². The van der Waals surface area contributed by atoms with Crippen molar-refractivity contribution in [3.05, 3.63) is 102 Å². The number of hydrogen-bond acceptors (Lipinski definition) is 3. The Balaban J connectivity index is 1.52. The number of aromatic nitrogens is 1. The average molecular weight is 525 g/mol. The maximum atomic E-state index is 12.9. The molecule has 0 aliphatic carbocycles. The minimum atomic E-state index is -0.860. The molecule has 0 saturated heterocycles. The number of carbonyl (C=O) groups excluding carboxylic acids is 1. The Morgan fingerprint density at radius 1 is 1.03 bits per heavy atom. The van der Waals surface area contributed by atoms with E-state index in [0.717, 1.165) is 34.9 Å². The summed E-state index contributed by atoms with van der Waals surface area (Å²) in [6.45, 7) is 6.70. The van der Waals surface area contributed by atoms with E-state index in [1.54, 1.807) is 18.2 Å². The first kappa shape index (κ1) is 27.7. The summed E-state index contributed by atoms with van der Waals surface area (Å²) >= 11 is 0. The molecule has 6 heteroatoms. The highest BCUT2D eigenvalue weighted by Gasteiger charge is 2.28. The first-order chi connectivity index (χ1) is 18.8. The first-order valence-corrected chi connectivity index (χ1v) is 13.4. The molecule has 1 heterocycles. The molecule has 1 unspecified atom stereocenters. The van der Waals surface area contributed by atoms with Crippen LogP contribution in [-0.2, 0) is 15.1 Å². The van der Waals surface area contributed by atoms with Crippen LogP contribution in [0, 0.1) is 0 Å². The summed E-state index contributed by atoms with van der Waals surface area (Å²) in [6, 6.07) is 26.2. The molecule has 2 N–H and O–H groups in total. The summed E-state index contributed by atoms with van der Waals surface area (Å²) in [6.07, 6.45) is 6.27. The van der Waals surface area contributed by atoms with Crippen molar-refractivity contribution in [3.63, 3.8) is 0 Å². The predicted molar refractivity (Wildman–Crippen MR) is 157 cm³/mol. The fourth-order valence-electron chi connectivity index (χ4n) is 5.06. The lowest BCUT2D eigenvalue weighted by atomic mass is 9.87. The van der Waals surface area contributed by atoms with Gasteiger partial charge in [0.25, 0.3) is 0 Å². The average Bonchev–Trinajstić information content (AvgIpc) is 3.36. The first-order valence-electron chi connectivity index (χ1n) is 13.4. The molecule has 4 aromatic rings. The number of anilines is 1. The van der Waals surface area contributed by atoms with Gasteiger partial charge in [-0.1, -0.05) is 61.9 Å². The van der Waals surface area contributed by atoms with E-state index < -0.39 is 5.97 Å². The highest BCUT2D eigenvalue weighted by Crippen LogP contribution is 2.35. The third kappa shape index (κ3) is 6.58. The van der Waals surface area contributed by atoms with Gasteiger partial charge in [-0.15, -0.1) is 0 Å². The van der Waals surface area contributed by atoms with Crippen LogP contribution in [0.4, 0.5) is 5.69 Å². The molecule has 0 radical (unpaired) electrons. The van der Waals surface area contributed by atoms with E-state index in [4.69, 9.17) is 9.84 Å². The van der Waals surface area contributed by atoms with Gasteiger partial charge in [-0.25, -0.2) is 0 Å². The van der Waals surface area contributed by atoms with Gasteiger partial charge < -0.3 is 19.7 Å². The van der Waals surface area contributed by atoms with E-state index in [-0.39, 0.29) is 24.5 Å². The monoisotopic (exact) mass is 524 g/mol. The van der Waals surface area contributed by atoms with Gasteiger partial charge in [0.05, 0.1) is 17.8 Å². The van der Waals surface area contributed by atoms with Gasteiger partial charge in [-0.05, 0) is 73.7 Å². The number of nitrogens with zero attached hydrogens (tertiary/aromatic N) is 1. The quantitative estimate of drug-likeness (QED) is 0.149. The molecule has 3 aromatic carbocycles. The topological polar surface area (TPSA) is 80.6 Å². The zero-order valence-corrected chi connectivity index (χ0v) is 22.8. The number of rotatable bonds is 12. The Morgan fingerprint density at radius 2 is 1.77 bits per heavy atom. The lowest BCUT2D eigenvalue weighted by Gasteiger charge is -2.33. The number of benzene rings is 3. The Bertz CT molecular complexity index is 1470. The molecule has 6 nitrogen and oxygen atoms in total. The van der Waals surface area contributed by atoms with Crippen molar-refractivity contribution in [2.45, 2.75) is 52.0 Å². The largest absolute Gasteiger partial charge is 0.491 e. The second-order valence-electron chi connectivity index (χ2n) is 10.0. The molecule has 0 aliphatic rings. The van der Waals surface area contributed by atoms with Crippen LogP contribution in [-0.4, -0.2) is 28.2 Å². The molecule has 1 amide bonds. The van der Waals surface area contributed by atoms with Gasteiger partial charge in [0, 0.05) is 29.6 Å². The van der Waals surface area contributed by atoms with E-state index in [0.29, 0.717) is 17.9 Å². The lowest BCUT2D eigenvalue weighted by Crippen LogP contribution is -2.30. The summed E-state index contributed by atoms with van der Waals surface area (Å²) in [5, 5.41) is 12.8. The normalized spacial score (nSPS) is 13.2. The fourth-order valence-corrected chi connectivity index (χ4v) is 5.06.